The van der Waals surface area contributed by atoms with Crippen LogP contribution in [0.3, 0.4) is 0 Å². The minimum absolute atomic E-state index is 0.155. The summed E-state index contributed by atoms with van der Waals surface area (Å²) < 4.78 is 0. The van der Waals surface area contributed by atoms with Gasteiger partial charge in [0.1, 0.15) is 5.82 Å². The molecule has 1 N–H and O–H groups in total. The van der Waals surface area contributed by atoms with Crippen LogP contribution in [0, 0.1) is 6.92 Å². The topological polar surface area (TPSA) is 42.0 Å². The molecule has 0 aliphatic rings. The van der Waals surface area contributed by atoms with E-state index in [1.165, 1.54) is 0 Å². The number of hydrogen-bond acceptors (Lipinski definition) is 2. The maximum absolute atomic E-state index is 12.6. The van der Waals surface area contributed by atoms with Crippen LogP contribution in [0.4, 0.5) is 5.82 Å². The molecular weight excluding hydrogens is 272 g/mol. The van der Waals surface area contributed by atoms with E-state index >= 15 is 0 Å². The van der Waals surface area contributed by atoms with Crippen LogP contribution in [0.25, 0.3) is 11.1 Å². The fourth-order valence-electron chi connectivity index (χ4n) is 2.35. The molecule has 1 aromatic heterocycles. The van der Waals surface area contributed by atoms with Crippen LogP contribution in [0.1, 0.15) is 16.1 Å². The van der Waals surface area contributed by atoms with Crippen molar-refractivity contribution in [3.05, 3.63) is 84.1 Å². The summed E-state index contributed by atoms with van der Waals surface area (Å²) in [7, 11) is 0. The van der Waals surface area contributed by atoms with Crippen molar-refractivity contribution in [1.82, 2.24) is 4.98 Å². The molecule has 0 bridgehead atoms. The van der Waals surface area contributed by atoms with E-state index in [1.807, 2.05) is 73.7 Å². The number of benzene rings is 2. The Balaban J connectivity index is 1.93. The Morgan fingerprint density at radius 2 is 1.59 bits per heavy atom. The third-order valence-electron chi connectivity index (χ3n) is 3.39. The highest BCUT2D eigenvalue weighted by Gasteiger charge is 2.12. The lowest BCUT2D eigenvalue weighted by Crippen LogP contribution is -2.14. The van der Waals surface area contributed by atoms with E-state index in [0.717, 1.165) is 16.8 Å². The first kappa shape index (κ1) is 14.0. The molecule has 0 spiro atoms. The van der Waals surface area contributed by atoms with Gasteiger partial charge in [-0.2, -0.15) is 0 Å². The quantitative estimate of drug-likeness (QED) is 0.780. The number of aryl methyl sites for hydroxylation is 1. The van der Waals surface area contributed by atoms with Crippen LogP contribution < -0.4 is 5.32 Å². The highest BCUT2D eigenvalue weighted by Crippen LogP contribution is 2.24. The van der Waals surface area contributed by atoms with Crippen LogP contribution in [0.5, 0.6) is 0 Å². The summed E-state index contributed by atoms with van der Waals surface area (Å²) >= 11 is 0. The average Bonchev–Trinajstić information content (AvgIpc) is 2.56. The van der Waals surface area contributed by atoms with Gasteiger partial charge >= 0.3 is 0 Å². The van der Waals surface area contributed by atoms with E-state index in [2.05, 4.69) is 10.3 Å². The molecule has 22 heavy (non-hydrogen) atoms. The molecule has 0 saturated heterocycles. The number of hydrogen-bond donors (Lipinski definition) is 1. The van der Waals surface area contributed by atoms with E-state index in [9.17, 15) is 4.79 Å². The lowest BCUT2D eigenvalue weighted by atomic mass is 9.99. The van der Waals surface area contributed by atoms with E-state index in [-0.39, 0.29) is 5.91 Å². The van der Waals surface area contributed by atoms with Gasteiger partial charge in [-0.1, -0.05) is 54.6 Å². The van der Waals surface area contributed by atoms with Gasteiger partial charge in [0.25, 0.3) is 5.91 Å². The molecule has 0 fully saturated rings. The van der Waals surface area contributed by atoms with Crippen molar-refractivity contribution in [3.8, 4) is 11.1 Å². The largest absolute Gasteiger partial charge is 0.307 e. The third-order valence-corrected chi connectivity index (χ3v) is 3.39. The van der Waals surface area contributed by atoms with Gasteiger partial charge < -0.3 is 5.32 Å². The number of aromatic nitrogens is 1. The molecular formula is C19H16N2O. The number of nitrogens with zero attached hydrogens (tertiary/aromatic N) is 1. The van der Waals surface area contributed by atoms with Gasteiger partial charge in [-0.05, 0) is 36.2 Å². The van der Waals surface area contributed by atoms with Crippen LogP contribution in [-0.2, 0) is 0 Å². The zero-order chi connectivity index (χ0) is 15.4. The molecule has 0 radical (unpaired) electrons. The van der Waals surface area contributed by atoms with Gasteiger partial charge in [-0.15, -0.1) is 0 Å². The molecule has 0 saturated carbocycles. The number of pyridine rings is 1. The van der Waals surface area contributed by atoms with Crippen LogP contribution in [-0.4, -0.2) is 10.9 Å². The molecule has 0 aliphatic heterocycles. The van der Waals surface area contributed by atoms with Crippen molar-refractivity contribution in [2.24, 2.45) is 0 Å². The highest BCUT2D eigenvalue weighted by atomic mass is 16.1. The zero-order valence-electron chi connectivity index (χ0n) is 12.3. The summed E-state index contributed by atoms with van der Waals surface area (Å²) in [5, 5.41) is 2.86. The van der Waals surface area contributed by atoms with Crippen molar-refractivity contribution >= 4 is 11.7 Å². The van der Waals surface area contributed by atoms with Crippen molar-refractivity contribution in [2.45, 2.75) is 6.92 Å². The normalized spacial score (nSPS) is 10.2. The molecule has 1 amide bonds. The summed E-state index contributed by atoms with van der Waals surface area (Å²) in [5.74, 6) is 0.408. The number of carbonyl (C=O) groups is 1. The fourth-order valence-corrected chi connectivity index (χ4v) is 2.35. The maximum Gasteiger partial charge on any atom is 0.257 e. The molecule has 3 nitrogen and oxygen atoms in total. The van der Waals surface area contributed by atoms with E-state index in [4.69, 9.17) is 0 Å². The molecule has 2 aromatic carbocycles. The summed E-state index contributed by atoms with van der Waals surface area (Å²) in [6.07, 6.45) is 0. The van der Waals surface area contributed by atoms with Gasteiger partial charge in [-0.25, -0.2) is 4.98 Å². The second-order valence-corrected chi connectivity index (χ2v) is 5.03. The van der Waals surface area contributed by atoms with E-state index < -0.39 is 0 Å². The minimum atomic E-state index is -0.155. The maximum atomic E-state index is 12.6. The third kappa shape index (κ3) is 3.04. The molecule has 0 unspecified atom stereocenters. The zero-order valence-corrected chi connectivity index (χ0v) is 12.3. The lowest BCUT2D eigenvalue weighted by molar-refractivity contribution is 0.102. The van der Waals surface area contributed by atoms with Gasteiger partial charge in [0, 0.05) is 11.3 Å². The molecule has 3 heteroatoms. The minimum Gasteiger partial charge on any atom is -0.307 e. The van der Waals surface area contributed by atoms with Gasteiger partial charge in [0.15, 0.2) is 0 Å². The smallest absolute Gasteiger partial charge is 0.257 e. The van der Waals surface area contributed by atoms with Crippen molar-refractivity contribution in [3.63, 3.8) is 0 Å². The first-order chi connectivity index (χ1) is 10.7. The molecule has 3 rings (SSSR count). The highest BCUT2D eigenvalue weighted by molar-refractivity contribution is 6.08. The van der Waals surface area contributed by atoms with Gasteiger partial charge in [0.2, 0.25) is 0 Å². The Hall–Kier alpha value is -2.94. The van der Waals surface area contributed by atoms with Crippen LogP contribution in [0.15, 0.2) is 72.8 Å². The van der Waals surface area contributed by atoms with E-state index in [0.29, 0.717) is 11.4 Å². The number of nitrogens with one attached hydrogen (secondary N) is 1. The number of amides is 1. The number of carbonyl (C=O) groups excluding carboxylic acids is 1. The lowest BCUT2D eigenvalue weighted by Gasteiger charge is -2.10. The monoisotopic (exact) mass is 288 g/mol. The van der Waals surface area contributed by atoms with Gasteiger partial charge in [0.05, 0.1) is 0 Å². The summed E-state index contributed by atoms with van der Waals surface area (Å²) in [4.78, 5) is 16.9. The Bertz CT molecular complexity index is 797. The molecule has 0 aliphatic carbocycles. The predicted octanol–water partition coefficient (Wildman–Crippen LogP) is 4.31. The Kier molecular flexibility index (Phi) is 3.97. The summed E-state index contributed by atoms with van der Waals surface area (Å²) in [5.41, 5.74) is 3.44. The SMILES string of the molecule is Cc1cccc(NC(=O)c2ccccc2-c2ccccc2)n1. The molecule has 108 valence electrons. The Morgan fingerprint density at radius 1 is 0.864 bits per heavy atom. The molecule has 3 aromatic rings. The fraction of sp³-hybridized carbons (Fsp3) is 0.0526. The molecule has 0 atom stereocenters. The Labute approximate surface area is 129 Å². The van der Waals surface area contributed by atoms with Crippen molar-refractivity contribution in [2.75, 3.05) is 5.32 Å². The van der Waals surface area contributed by atoms with Crippen LogP contribution >= 0.6 is 0 Å². The van der Waals surface area contributed by atoms with Crippen molar-refractivity contribution in [1.29, 1.82) is 0 Å². The van der Waals surface area contributed by atoms with Crippen molar-refractivity contribution < 1.29 is 4.79 Å². The molecule has 1 heterocycles. The summed E-state index contributed by atoms with van der Waals surface area (Å²) in [6, 6.07) is 23.0. The van der Waals surface area contributed by atoms with Crippen LogP contribution in [0.2, 0.25) is 0 Å². The first-order valence-corrected chi connectivity index (χ1v) is 7.13. The van der Waals surface area contributed by atoms with E-state index in [1.54, 1.807) is 6.07 Å². The first-order valence-electron chi connectivity index (χ1n) is 7.13. The predicted molar refractivity (Wildman–Crippen MR) is 88.8 cm³/mol. The second kappa shape index (κ2) is 6.22. The number of rotatable bonds is 3. The average molecular weight is 288 g/mol. The van der Waals surface area contributed by atoms with Gasteiger partial charge in [-0.3, -0.25) is 4.79 Å². The Morgan fingerprint density at radius 3 is 2.36 bits per heavy atom. The standard InChI is InChI=1S/C19H16N2O/c1-14-8-7-13-18(20-14)21-19(22)17-12-6-5-11-16(17)15-9-3-2-4-10-15/h2-13H,1H3,(H,20,21,22). The second-order valence-electron chi connectivity index (χ2n) is 5.03. The summed E-state index contributed by atoms with van der Waals surface area (Å²) in [6.45, 7) is 1.90. The number of anilines is 1.